The van der Waals surface area contributed by atoms with Crippen molar-refractivity contribution in [1.82, 2.24) is 4.90 Å². The van der Waals surface area contributed by atoms with E-state index in [0.717, 1.165) is 43.0 Å². The first-order valence-electron chi connectivity index (χ1n) is 7.32. The Balaban J connectivity index is 2.17. The highest BCUT2D eigenvalue weighted by atomic mass is 16.5. The van der Waals surface area contributed by atoms with Crippen LogP contribution in [0.2, 0.25) is 0 Å². The monoisotopic (exact) mass is 279 g/mol. The zero-order chi connectivity index (χ0) is 14.5. The van der Waals surface area contributed by atoms with Gasteiger partial charge < -0.3 is 14.6 Å². The van der Waals surface area contributed by atoms with Gasteiger partial charge in [0.15, 0.2) is 0 Å². The molecule has 0 amide bonds. The number of likely N-dealkylation sites (tertiary alicyclic amines) is 1. The van der Waals surface area contributed by atoms with Gasteiger partial charge in [-0.1, -0.05) is 6.07 Å². The molecule has 1 aromatic rings. The molecule has 0 saturated carbocycles. The summed E-state index contributed by atoms with van der Waals surface area (Å²) in [5.41, 5.74) is 1.15. The molecule has 1 fully saturated rings. The van der Waals surface area contributed by atoms with E-state index in [9.17, 15) is 5.11 Å². The highest BCUT2D eigenvalue weighted by Gasteiger charge is 2.24. The van der Waals surface area contributed by atoms with E-state index in [2.05, 4.69) is 11.0 Å². The van der Waals surface area contributed by atoms with Gasteiger partial charge in [0.25, 0.3) is 0 Å². The average molecular weight is 279 g/mol. The van der Waals surface area contributed by atoms with Crippen molar-refractivity contribution >= 4 is 0 Å². The first kappa shape index (κ1) is 15.1. The van der Waals surface area contributed by atoms with E-state index in [1.165, 1.54) is 0 Å². The van der Waals surface area contributed by atoms with E-state index >= 15 is 0 Å². The molecule has 1 aliphatic heterocycles. The number of aliphatic hydroxyl groups excluding tert-OH is 1. The van der Waals surface area contributed by atoms with E-state index in [-0.39, 0.29) is 18.8 Å². The Kier molecular flexibility index (Phi) is 5.26. The van der Waals surface area contributed by atoms with E-state index in [1.807, 2.05) is 26.0 Å². The van der Waals surface area contributed by atoms with Crippen LogP contribution in [0.25, 0.3) is 0 Å². The second kappa shape index (κ2) is 6.95. The predicted molar refractivity (Wildman–Crippen MR) is 79.3 cm³/mol. The zero-order valence-electron chi connectivity index (χ0n) is 12.6. The maximum atomic E-state index is 9.42. The van der Waals surface area contributed by atoms with Crippen molar-refractivity contribution in [3.8, 4) is 11.5 Å². The molecule has 112 valence electrons. The lowest BCUT2D eigenvalue weighted by Crippen LogP contribution is -2.31. The summed E-state index contributed by atoms with van der Waals surface area (Å²) in [5.74, 6) is 1.69. The smallest absolute Gasteiger partial charge is 0.127 e. The van der Waals surface area contributed by atoms with Crippen molar-refractivity contribution < 1.29 is 14.6 Å². The maximum absolute atomic E-state index is 9.42. The maximum Gasteiger partial charge on any atom is 0.127 e. The number of nitrogens with zero attached hydrogens (tertiary/aromatic N) is 1. The van der Waals surface area contributed by atoms with Crippen LogP contribution in [0.1, 0.15) is 32.3 Å². The highest BCUT2D eigenvalue weighted by molar-refractivity contribution is 5.41. The SMILES string of the molecule is COc1ccc(CN2CCC[C@@H]2CO)c(OC(C)C)c1. The van der Waals surface area contributed by atoms with E-state index in [4.69, 9.17) is 9.47 Å². The first-order chi connectivity index (χ1) is 9.63. The third-order valence-electron chi connectivity index (χ3n) is 3.72. The highest BCUT2D eigenvalue weighted by Crippen LogP contribution is 2.29. The van der Waals surface area contributed by atoms with Crippen LogP contribution >= 0.6 is 0 Å². The van der Waals surface area contributed by atoms with Crippen LogP contribution in [0.3, 0.4) is 0 Å². The molecule has 0 aromatic heterocycles. The van der Waals surface area contributed by atoms with Crippen LogP contribution < -0.4 is 9.47 Å². The number of rotatable bonds is 6. The molecule has 1 atom stereocenters. The molecule has 1 saturated heterocycles. The van der Waals surface area contributed by atoms with E-state index in [0.29, 0.717) is 0 Å². The molecule has 0 aliphatic carbocycles. The van der Waals surface area contributed by atoms with Gasteiger partial charge >= 0.3 is 0 Å². The molecule has 4 nitrogen and oxygen atoms in total. The van der Waals surface area contributed by atoms with Crippen molar-refractivity contribution in [2.24, 2.45) is 0 Å². The average Bonchev–Trinajstić information content (AvgIpc) is 2.87. The lowest BCUT2D eigenvalue weighted by molar-refractivity contribution is 0.151. The number of methoxy groups -OCH3 is 1. The second-order valence-corrected chi connectivity index (χ2v) is 5.59. The molecular weight excluding hydrogens is 254 g/mol. The molecular formula is C16H25NO3. The molecule has 1 N–H and O–H groups in total. The first-order valence-corrected chi connectivity index (χ1v) is 7.32. The van der Waals surface area contributed by atoms with Crippen LogP contribution in [0.5, 0.6) is 11.5 Å². The van der Waals surface area contributed by atoms with Gasteiger partial charge in [0.2, 0.25) is 0 Å². The molecule has 0 spiro atoms. The number of ether oxygens (including phenoxy) is 2. The molecule has 0 unspecified atom stereocenters. The molecule has 2 rings (SSSR count). The van der Waals surface area contributed by atoms with Crippen molar-refractivity contribution in [3.05, 3.63) is 23.8 Å². The van der Waals surface area contributed by atoms with Crippen LogP contribution in [-0.2, 0) is 6.54 Å². The molecule has 4 heteroatoms. The van der Waals surface area contributed by atoms with Crippen LogP contribution in [0, 0.1) is 0 Å². The quantitative estimate of drug-likeness (QED) is 0.868. The fourth-order valence-electron chi connectivity index (χ4n) is 2.68. The normalized spacial score (nSPS) is 19.6. The Bertz CT molecular complexity index is 434. The second-order valence-electron chi connectivity index (χ2n) is 5.59. The number of hydrogen-bond donors (Lipinski definition) is 1. The van der Waals surface area contributed by atoms with Crippen LogP contribution in [0.4, 0.5) is 0 Å². The topological polar surface area (TPSA) is 41.9 Å². The Labute approximate surface area is 121 Å². The van der Waals surface area contributed by atoms with Crippen LogP contribution in [-0.4, -0.2) is 42.4 Å². The van der Waals surface area contributed by atoms with Gasteiger partial charge in [-0.05, 0) is 39.3 Å². The van der Waals surface area contributed by atoms with Gasteiger partial charge in [-0.2, -0.15) is 0 Å². The lowest BCUT2D eigenvalue weighted by Gasteiger charge is -2.24. The van der Waals surface area contributed by atoms with Gasteiger partial charge in [0.1, 0.15) is 11.5 Å². The predicted octanol–water partition coefficient (Wildman–Crippen LogP) is 2.44. The Morgan fingerprint density at radius 2 is 2.20 bits per heavy atom. The minimum atomic E-state index is 0.132. The fourth-order valence-corrected chi connectivity index (χ4v) is 2.68. The van der Waals surface area contributed by atoms with Gasteiger partial charge in [-0.15, -0.1) is 0 Å². The summed E-state index contributed by atoms with van der Waals surface area (Å²) in [6, 6.07) is 6.25. The molecule has 1 aromatic carbocycles. The zero-order valence-corrected chi connectivity index (χ0v) is 12.6. The summed E-state index contributed by atoms with van der Waals surface area (Å²) in [5, 5.41) is 9.42. The summed E-state index contributed by atoms with van der Waals surface area (Å²) in [6.07, 6.45) is 2.36. The molecule has 0 bridgehead atoms. The Hall–Kier alpha value is -1.26. The van der Waals surface area contributed by atoms with Gasteiger partial charge in [0.05, 0.1) is 19.8 Å². The summed E-state index contributed by atoms with van der Waals surface area (Å²) in [4.78, 5) is 2.33. The van der Waals surface area contributed by atoms with Crippen molar-refractivity contribution in [1.29, 1.82) is 0 Å². The molecule has 0 radical (unpaired) electrons. The third kappa shape index (κ3) is 3.64. The summed E-state index contributed by atoms with van der Waals surface area (Å²) in [6.45, 7) is 6.14. The molecule has 20 heavy (non-hydrogen) atoms. The minimum Gasteiger partial charge on any atom is -0.497 e. The van der Waals surface area contributed by atoms with Gasteiger partial charge in [0, 0.05) is 24.2 Å². The van der Waals surface area contributed by atoms with E-state index < -0.39 is 0 Å². The van der Waals surface area contributed by atoms with Gasteiger partial charge in [-0.25, -0.2) is 0 Å². The number of benzene rings is 1. The molecule has 1 aliphatic rings. The minimum absolute atomic E-state index is 0.132. The Morgan fingerprint density at radius 3 is 2.85 bits per heavy atom. The summed E-state index contributed by atoms with van der Waals surface area (Å²) in [7, 11) is 1.66. The summed E-state index contributed by atoms with van der Waals surface area (Å²) < 4.78 is 11.2. The van der Waals surface area contributed by atoms with Crippen molar-refractivity contribution in [3.63, 3.8) is 0 Å². The number of hydrogen-bond acceptors (Lipinski definition) is 4. The van der Waals surface area contributed by atoms with Crippen molar-refractivity contribution in [2.45, 2.75) is 45.4 Å². The van der Waals surface area contributed by atoms with E-state index in [1.54, 1.807) is 7.11 Å². The fraction of sp³-hybridized carbons (Fsp3) is 0.625. The largest absolute Gasteiger partial charge is 0.497 e. The third-order valence-corrected chi connectivity index (χ3v) is 3.72. The Morgan fingerprint density at radius 1 is 1.40 bits per heavy atom. The summed E-state index contributed by atoms with van der Waals surface area (Å²) >= 11 is 0. The van der Waals surface area contributed by atoms with Crippen LogP contribution in [0.15, 0.2) is 18.2 Å². The van der Waals surface area contributed by atoms with Crippen molar-refractivity contribution in [2.75, 3.05) is 20.3 Å². The standard InChI is InChI=1S/C16H25NO3/c1-12(2)20-16-9-15(19-3)7-6-13(16)10-17-8-4-5-14(17)11-18/h6-7,9,12,14,18H,4-5,8,10-11H2,1-3H3/t14-/m1/s1. The lowest BCUT2D eigenvalue weighted by atomic mass is 10.1. The molecule has 1 heterocycles. The number of aliphatic hydroxyl groups is 1. The van der Waals surface area contributed by atoms with Gasteiger partial charge in [-0.3, -0.25) is 4.90 Å².